The topological polar surface area (TPSA) is 57.0 Å². The molecule has 0 bridgehead atoms. The number of benzene rings is 1. The Labute approximate surface area is 224 Å². The van der Waals surface area contributed by atoms with Crippen LogP contribution in [0.5, 0.6) is 0 Å². The average molecular weight is 554 g/mol. The van der Waals surface area contributed by atoms with Gasteiger partial charge in [-0.15, -0.1) is 5.10 Å². The predicted octanol–water partition coefficient (Wildman–Crippen LogP) is 6.74. The largest absolute Gasteiger partial charge is 0.391 e. The van der Waals surface area contributed by atoms with Gasteiger partial charge in [-0.1, -0.05) is 6.92 Å². The number of hydrogen-bond acceptors (Lipinski definition) is 4. The lowest BCUT2D eigenvalue weighted by molar-refractivity contribution is -0.217. The molecular formula is C29H36F5N3O2. The fraction of sp³-hybridized carbons (Fsp3) is 0.759. The number of ketones is 1. The smallest absolute Gasteiger partial charge is 0.384 e. The second kappa shape index (κ2) is 9.48. The minimum absolute atomic E-state index is 0.00520. The van der Waals surface area contributed by atoms with E-state index in [0.29, 0.717) is 30.8 Å². The van der Waals surface area contributed by atoms with Crippen LogP contribution in [0.1, 0.15) is 64.7 Å². The van der Waals surface area contributed by atoms with E-state index >= 15 is 0 Å². The van der Waals surface area contributed by atoms with Crippen LogP contribution in [0.25, 0.3) is 11.0 Å². The number of aromatic nitrogens is 3. The lowest BCUT2D eigenvalue weighted by Crippen LogP contribution is -2.57. The van der Waals surface area contributed by atoms with E-state index in [0.717, 1.165) is 44.6 Å². The van der Waals surface area contributed by atoms with Gasteiger partial charge < -0.3 is 4.74 Å². The van der Waals surface area contributed by atoms with Crippen molar-refractivity contribution in [2.45, 2.75) is 77.4 Å². The molecule has 0 aliphatic heterocycles. The standard InChI is InChI=1S/C29H36F5N3O2/c1-27-11-10-20-18(4-3-16-13-17(29(32,33)34)9-12-28(16,20)15-39-2)19(27)5-6-21(27)24(38)14-37-35-23-8-7-22(30)25(31)26(23)36-37/h7-8,16-21H,3-6,9-15H2,1-2H3/t16-,17?,18+,19?,20?,21?,27?,28?/m1/s1. The number of hydrogen-bond donors (Lipinski definition) is 0. The van der Waals surface area contributed by atoms with Crippen molar-refractivity contribution in [1.82, 2.24) is 15.0 Å². The van der Waals surface area contributed by atoms with Crippen molar-refractivity contribution < 1.29 is 31.5 Å². The molecule has 8 atom stereocenters. The Kier molecular flexibility index (Phi) is 6.59. The summed E-state index contributed by atoms with van der Waals surface area (Å²) in [5.41, 5.74) is -0.397. The summed E-state index contributed by atoms with van der Waals surface area (Å²) in [6.45, 7) is 2.62. The lowest BCUT2D eigenvalue weighted by atomic mass is 9.43. The molecular weight excluding hydrogens is 517 g/mol. The lowest BCUT2D eigenvalue weighted by Gasteiger charge is -2.62. The molecule has 0 N–H and O–H groups in total. The first-order valence-electron chi connectivity index (χ1n) is 14.2. The molecule has 4 aliphatic rings. The molecule has 0 saturated heterocycles. The average Bonchev–Trinajstić information content (AvgIpc) is 3.46. The number of Topliss-reactive ketones (excluding diaryl/α,β-unsaturated/α-hetero) is 1. The highest BCUT2D eigenvalue weighted by atomic mass is 19.4. The number of alkyl halides is 3. The number of rotatable bonds is 5. The Bertz CT molecular complexity index is 1260. The summed E-state index contributed by atoms with van der Waals surface area (Å²) in [6, 6.07) is 2.35. The summed E-state index contributed by atoms with van der Waals surface area (Å²) < 4.78 is 74.4. The Morgan fingerprint density at radius 3 is 2.59 bits per heavy atom. The molecule has 1 aromatic heterocycles. The van der Waals surface area contributed by atoms with Crippen molar-refractivity contribution >= 4 is 16.8 Å². The van der Waals surface area contributed by atoms with Crippen LogP contribution in [0.15, 0.2) is 12.1 Å². The number of halogens is 5. The zero-order valence-electron chi connectivity index (χ0n) is 22.4. The zero-order valence-corrected chi connectivity index (χ0v) is 22.4. The molecule has 0 spiro atoms. The van der Waals surface area contributed by atoms with Crippen LogP contribution in [0.4, 0.5) is 22.0 Å². The van der Waals surface area contributed by atoms with E-state index in [1.54, 1.807) is 7.11 Å². The summed E-state index contributed by atoms with van der Waals surface area (Å²) in [5.74, 6) is -2.43. The van der Waals surface area contributed by atoms with Crippen LogP contribution in [0.3, 0.4) is 0 Å². The maximum atomic E-state index is 14.1. The molecule has 1 heterocycles. The number of carbonyl (C=O) groups excluding carboxylic acids is 1. The van der Waals surface area contributed by atoms with Crippen molar-refractivity contribution in [2.75, 3.05) is 13.7 Å². The molecule has 1 aromatic carbocycles. The molecule has 10 heteroatoms. The van der Waals surface area contributed by atoms with Gasteiger partial charge in [-0.3, -0.25) is 4.79 Å². The van der Waals surface area contributed by atoms with Crippen molar-refractivity contribution in [3.8, 4) is 0 Å². The Morgan fingerprint density at radius 1 is 1.05 bits per heavy atom. The van der Waals surface area contributed by atoms with Gasteiger partial charge in [-0.25, -0.2) is 8.78 Å². The van der Waals surface area contributed by atoms with Crippen molar-refractivity contribution in [3.05, 3.63) is 23.8 Å². The molecule has 5 nitrogen and oxygen atoms in total. The van der Waals surface area contributed by atoms with E-state index in [-0.39, 0.29) is 58.9 Å². The normalized spacial score (nSPS) is 38.3. The third-order valence-electron chi connectivity index (χ3n) is 11.4. The molecule has 4 aliphatic carbocycles. The fourth-order valence-electron chi connectivity index (χ4n) is 9.71. The summed E-state index contributed by atoms with van der Waals surface area (Å²) >= 11 is 0. The van der Waals surface area contributed by atoms with Gasteiger partial charge in [0.1, 0.15) is 12.1 Å². The van der Waals surface area contributed by atoms with Crippen LogP contribution in [0, 0.1) is 58.0 Å². The quantitative estimate of drug-likeness (QED) is 0.385. The van der Waals surface area contributed by atoms with Crippen LogP contribution >= 0.6 is 0 Å². The zero-order chi connectivity index (χ0) is 27.7. The molecule has 39 heavy (non-hydrogen) atoms. The van der Waals surface area contributed by atoms with E-state index in [9.17, 15) is 26.7 Å². The summed E-state index contributed by atoms with van der Waals surface area (Å²) in [5, 5.41) is 8.25. The number of carbonyl (C=O) groups is 1. The molecule has 6 rings (SSSR count). The van der Waals surface area contributed by atoms with Crippen LogP contribution in [0.2, 0.25) is 0 Å². The number of nitrogens with zero attached hydrogens (tertiary/aromatic N) is 3. The van der Waals surface area contributed by atoms with Gasteiger partial charge in [-0.2, -0.15) is 23.1 Å². The first kappa shape index (κ1) is 27.1. The molecule has 214 valence electrons. The number of fused-ring (bicyclic) bond motifs is 6. The van der Waals surface area contributed by atoms with Crippen molar-refractivity contribution in [2.24, 2.45) is 46.3 Å². The Morgan fingerprint density at radius 2 is 1.85 bits per heavy atom. The maximum absolute atomic E-state index is 14.1. The minimum Gasteiger partial charge on any atom is -0.384 e. The van der Waals surface area contributed by atoms with Crippen LogP contribution < -0.4 is 0 Å². The third-order valence-corrected chi connectivity index (χ3v) is 11.4. The molecule has 4 saturated carbocycles. The molecule has 4 fully saturated rings. The SMILES string of the molecule is COCC12CCC(C(F)(F)F)C[C@H]1CC[C@H]1C3CCC(C(=O)Cn4nc5ccc(F)c(F)c5n4)C3(C)CCC12. The maximum Gasteiger partial charge on any atom is 0.391 e. The van der Waals surface area contributed by atoms with Crippen LogP contribution in [-0.2, 0) is 16.1 Å². The van der Waals surface area contributed by atoms with Gasteiger partial charge in [-0.05, 0) is 104 Å². The van der Waals surface area contributed by atoms with E-state index < -0.39 is 23.7 Å². The van der Waals surface area contributed by atoms with E-state index in [1.165, 1.54) is 10.9 Å². The summed E-state index contributed by atoms with van der Waals surface area (Å²) in [6.07, 6.45) is 1.90. The fourth-order valence-corrected chi connectivity index (χ4v) is 9.71. The molecule has 0 radical (unpaired) electrons. The van der Waals surface area contributed by atoms with Crippen LogP contribution in [-0.4, -0.2) is 40.7 Å². The van der Waals surface area contributed by atoms with E-state index in [1.807, 2.05) is 0 Å². The highest BCUT2D eigenvalue weighted by Gasteiger charge is 2.63. The molecule has 6 unspecified atom stereocenters. The number of methoxy groups -OCH3 is 1. The van der Waals surface area contributed by atoms with Gasteiger partial charge in [0.25, 0.3) is 0 Å². The van der Waals surface area contributed by atoms with Crippen molar-refractivity contribution in [3.63, 3.8) is 0 Å². The third kappa shape index (κ3) is 4.22. The monoisotopic (exact) mass is 553 g/mol. The van der Waals surface area contributed by atoms with Gasteiger partial charge in [0.05, 0.1) is 12.5 Å². The van der Waals surface area contributed by atoms with Gasteiger partial charge in [0.15, 0.2) is 22.9 Å². The van der Waals surface area contributed by atoms with Gasteiger partial charge >= 0.3 is 6.18 Å². The van der Waals surface area contributed by atoms with E-state index in [4.69, 9.17) is 4.74 Å². The van der Waals surface area contributed by atoms with Gasteiger partial charge in [0.2, 0.25) is 0 Å². The second-order valence-corrected chi connectivity index (χ2v) is 12.9. The van der Waals surface area contributed by atoms with Crippen molar-refractivity contribution in [1.29, 1.82) is 0 Å². The first-order valence-corrected chi connectivity index (χ1v) is 14.2. The van der Waals surface area contributed by atoms with Gasteiger partial charge in [0, 0.05) is 13.0 Å². The summed E-state index contributed by atoms with van der Waals surface area (Å²) in [4.78, 5) is 14.8. The predicted molar refractivity (Wildman–Crippen MR) is 133 cm³/mol. The Hall–Kier alpha value is -2.10. The first-order chi connectivity index (χ1) is 18.5. The second-order valence-electron chi connectivity index (χ2n) is 12.9. The van der Waals surface area contributed by atoms with E-state index in [2.05, 4.69) is 17.1 Å². The number of ether oxygens (including phenoxy) is 1. The summed E-state index contributed by atoms with van der Waals surface area (Å²) in [7, 11) is 1.66. The molecule has 2 aromatic rings. The Balaban J connectivity index is 1.21. The highest BCUT2D eigenvalue weighted by Crippen LogP contribution is 2.68. The highest BCUT2D eigenvalue weighted by molar-refractivity contribution is 5.82. The minimum atomic E-state index is -4.14. The molecule has 0 amide bonds.